The number of amides is 3. The molecule has 0 aliphatic carbocycles. The number of carbonyl (C=O) groups is 2. The quantitative estimate of drug-likeness (QED) is 0.737. The van der Waals surface area contributed by atoms with Gasteiger partial charge in [0.25, 0.3) is 0 Å². The highest BCUT2D eigenvalue weighted by Crippen LogP contribution is 2.25. The first-order chi connectivity index (χ1) is 12.0. The molecule has 25 heavy (non-hydrogen) atoms. The monoisotopic (exact) mass is 346 g/mol. The summed E-state index contributed by atoms with van der Waals surface area (Å²) >= 11 is 0. The number of likely N-dealkylation sites (tertiary alicyclic amines) is 1. The van der Waals surface area contributed by atoms with Crippen molar-refractivity contribution >= 4 is 11.9 Å². The molecule has 1 unspecified atom stereocenters. The van der Waals surface area contributed by atoms with Gasteiger partial charge in [-0.3, -0.25) is 15.0 Å². The van der Waals surface area contributed by atoms with Gasteiger partial charge in [0.2, 0.25) is 5.91 Å². The third-order valence-corrected chi connectivity index (χ3v) is 4.40. The second-order valence-electron chi connectivity index (χ2n) is 6.79. The molecule has 138 valence electrons. The van der Waals surface area contributed by atoms with Gasteiger partial charge in [-0.05, 0) is 25.3 Å². The average Bonchev–Trinajstić information content (AvgIpc) is 2.57. The van der Waals surface area contributed by atoms with Crippen LogP contribution in [0.4, 0.5) is 4.79 Å². The van der Waals surface area contributed by atoms with E-state index in [-0.39, 0.29) is 5.91 Å². The van der Waals surface area contributed by atoms with Crippen molar-refractivity contribution in [3.63, 3.8) is 0 Å². The summed E-state index contributed by atoms with van der Waals surface area (Å²) in [5.41, 5.74) is 0.916. The van der Waals surface area contributed by atoms with E-state index in [0.717, 1.165) is 31.5 Å². The number of benzene rings is 1. The van der Waals surface area contributed by atoms with Crippen LogP contribution in [0.15, 0.2) is 30.3 Å². The Morgan fingerprint density at radius 3 is 2.36 bits per heavy atom. The van der Waals surface area contributed by atoms with Gasteiger partial charge in [0, 0.05) is 31.7 Å². The molecular formula is C19H30N4O2. The van der Waals surface area contributed by atoms with Crippen molar-refractivity contribution in [2.45, 2.75) is 51.7 Å². The molecule has 3 amide bonds. The van der Waals surface area contributed by atoms with Crippen molar-refractivity contribution in [2.24, 2.45) is 0 Å². The van der Waals surface area contributed by atoms with Crippen LogP contribution in [0.25, 0.3) is 0 Å². The van der Waals surface area contributed by atoms with Gasteiger partial charge >= 0.3 is 6.03 Å². The van der Waals surface area contributed by atoms with E-state index in [1.165, 1.54) is 0 Å². The lowest BCUT2D eigenvalue weighted by Gasteiger charge is -2.37. The second-order valence-corrected chi connectivity index (χ2v) is 6.79. The summed E-state index contributed by atoms with van der Waals surface area (Å²) in [5.74, 6) is -0.271. The van der Waals surface area contributed by atoms with Gasteiger partial charge < -0.3 is 10.6 Å². The minimum atomic E-state index is -0.441. The fraction of sp³-hybridized carbons (Fsp3) is 0.579. The number of carbonyl (C=O) groups excluding carboxylic acids is 2. The summed E-state index contributed by atoms with van der Waals surface area (Å²) in [5, 5.41) is 8.66. The van der Waals surface area contributed by atoms with Gasteiger partial charge in [-0.25, -0.2) is 4.79 Å². The van der Waals surface area contributed by atoms with Crippen LogP contribution in [0, 0.1) is 0 Å². The normalized spacial score (nSPS) is 17.3. The third kappa shape index (κ3) is 5.83. The van der Waals surface area contributed by atoms with Crippen molar-refractivity contribution in [1.82, 2.24) is 20.9 Å². The van der Waals surface area contributed by atoms with Crippen LogP contribution in [-0.4, -0.2) is 48.6 Å². The maximum atomic E-state index is 12.8. The maximum absolute atomic E-state index is 12.8. The standard InChI is InChI=1S/C19H30N4O2/c1-4-20-19(25)22-18(24)17(15-8-6-5-7-9-15)23-12-10-16(11-13-23)21-14(2)3/h5-9,14,16-17,21H,4,10-13H2,1-3H3,(H2,20,22,24,25). The molecule has 1 aliphatic rings. The molecule has 1 atom stereocenters. The van der Waals surface area contributed by atoms with E-state index in [0.29, 0.717) is 18.6 Å². The van der Waals surface area contributed by atoms with Gasteiger partial charge in [-0.15, -0.1) is 0 Å². The SMILES string of the molecule is CCNC(=O)NC(=O)C(c1ccccc1)N1CCC(NC(C)C)CC1. The molecule has 6 heteroatoms. The summed E-state index contributed by atoms with van der Waals surface area (Å²) in [7, 11) is 0. The van der Waals surface area contributed by atoms with Crippen LogP contribution in [0.2, 0.25) is 0 Å². The Bertz CT molecular complexity index is 554. The first-order valence-electron chi connectivity index (χ1n) is 9.15. The summed E-state index contributed by atoms with van der Waals surface area (Å²) in [6.07, 6.45) is 1.99. The Kier molecular flexibility index (Phi) is 7.40. The van der Waals surface area contributed by atoms with Crippen LogP contribution in [0.1, 0.15) is 45.2 Å². The molecule has 0 saturated carbocycles. The van der Waals surface area contributed by atoms with Gasteiger partial charge in [0.1, 0.15) is 6.04 Å². The predicted octanol–water partition coefficient (Wildman–Crippen LogP) is 2.04. The van der Waals surface area contributed by atoms with Gasteiger partial charge in [0.05, 0.1) is 0 Å². The van der Waals surface area contributed by atoms with Crippen molar-refractivity contribution in [3.05, 3.63) is 35.9 Å². The van der Waals surface area contributed by atoms with Crippen LogP contribution >= 0.6 is 0 Å². The number of nitrogens with one attached hydrogen (secondary N) is 3. The number of imide groups is 1. The molecule has 0 spiro atoms. The predicted molar refractivity (Wildman–Crippen MR) is 99.3 cm³/mol. The van der Waals surface area contributed by atoms with Crippen LogP contribution in [-0.2, 0) is 4.79 Å². The molecule has 1 aromatic rings. The number of urea groups is 1. The summed E-state index contributed by atoms with van der Waals surface area (Å²) in [4.78, 5) is 26.7. The molecule has 1 fully saturated rings. The van der Waals surface area contributed by atoms with E-state index < -0.39 is 12.1 Å². The minimum Gasteiger partial charge on any atom is -0.338 e. The van der Waals surface area contributed by atoms with Crippen molar-refractivity contribution in [2.75, 3.05) is 19.6 Å². The second kappa shape index (κ2) is 9.53. The highest BCUT2D eigenvalue weighted by Gasteiger charge is 2.31. The molecule has 1 aliphatic heterocycles. The Morgan fingerprint density at radius 1 is 1.16 bits per heavy atom. The maximum Gasteiger partial charge on any atom is 0.321 e. The molecule has 0 bridgehead atoms. The van der Waals surface area contributed by atoms with Gasteiger partial charge in [-0.2, -0.15) is 0 Å². The highest BCUT2D eigenvalue weighted by atomic mass is 16.2. The summed E-state index contributed by atoms with van der Waals surface area (Å²) < 4.78 is 0. The molecular weight excluding hydrogens is 316 g/mol. The zero-order chi connectivity index (χ0) is 18.2. The molecule has 0 radical (unpaired) electrons. The van der Waals surface area contributed by atoms with Crippen LogP contribution in [0.5, 0.6) is 0 Å². The Balaban J connectivity index is 2.08. The lowest BCUT2D eigenvalue weighted by Crippen LogP contribution is -2.50. The molecule has 1 heterocycles. The molecule has 3 N–H and O–H groups in total. The Hall–Kier alpha value is -1.92. The van der Waals surface area contributed by atoms with Crippen LogP contribution in [0.3, 0.4) is 0 Å². The molecule has 1 saturated heterocycles. The smallest absolute Gasteiger partial charge is 0.321 e. The first kappa shape index (κ1) is 19.4. The van der Waals surface area contributed by atoms with Crippen molar-refractivity contribution in [1.29, 1.82) is 0 Å². The van der Waals surface area contributed by atoms with E-state index >= 15 is 0 Å². The largest absolute Gasteiger partial charge is 0.338 e. The number of hydrogen-bond donors (Lipinski definition) is 3. The average molecular weight is 346 g/mol. The number of nitrogens with zero attached hydrogens (tertiary/aromatic N) is 1. The summed E-state index contributed by atoms with van der Waals surface area (Å²) in [6, 6.07) is 9.74. The van der Waals surface area contributed by atoms with E-state index in [4.69, 9.17) is 0 Å². The number of rotatable bonds is 6. The number of piperidine rings is 1. The molecule has 2 rings (SSSR count). The van der Waals surface area contributed by atoms with Gasteiger partial charge in [0.15, 0.2) is 0 Å². The van der Waals surface area contributed by atoms with Crippen molar-refractivity contribution in [3.8, 4) is 0 Å². The number of hydrogen-bond acceptors (Lipinski definition) is 4. The highest BCUT2D eigenvalue weighted by molar-refractivity contribution is 5.97. The molecule has 0 aromatic heterocycles. The van der Waals surface area contributed by atoms with E-state index in [2.05, 4.69) is 34.7 Å². The lowest BCUT2D eigenvalue weighted by molar-refractivity contribution is -0.126. The van der Waals surface area contributed by atoms with Crippen LogP contribution < -0.4 is 16.0 Å². The van der Waals surface area contributed by atoms with E-state index in [1.54, 1.807) is 0 Å². The van der Waals surface area contributed by atoms with E-state index in [9.17, 15) is 9.59 Å². The van der Waals surface area contributed by atoms with Gasteiger partial charge in [-0.1, -0.05) is 44.2 Å². The van der Waals surface area contributed by atoms with Crippen molar-refractivity contribution < 1.29 is 9.59 Å². The fourth-order valence-corrected chi connectivity index (χ4v) is 3.34. The Labute approximate surface area is 150 Å². The topological polar surface area (TPSA) is 73.5 Å². The van der Waals surface area contributed by atoms with E-state index in [1.807, 2.05) is 37.3 Å². The molecule has 6 nitrogen and oxygen atoms in total. The Morgan fingerprint density at radius 2 is 1.80 bits per heavy atom. The zero-order valence-electron chi connectivity index (χ0n) is 15.4. The minimum absolute atomic E-state index is 0.271. The lowest BCUT2D eigenvalue weighted by atomic mass is 9.98. The molecule has 1 aromatic carbocycles. The fourth-order valence-electron chi connectivity index (χ4n) is 3.34. The first-order valence-corrected chi connectivity index (χ1v) is 9.15. The third-order valence-electron chi connectivity index (χ3n) is 4.40. The summed E-state index contributed by atoms with van der Waals surface area (Å²) in [6.45, 7) is 8.27. The zero-order valence-corrected chi connectivity index (χ0v) is 15.4.